The molecule has 0 radical (unpaired) electrons. The summed E-state index contributed by atoms with van der Waals surface area (Å²) in [5.74, 6) is 0.838. The third-order valence-corrected chi connectivity index (χ3v) is 7.14. The summed E-state index contributed by atoms with van der Waals surface area (Å²) < 4.78 is 2.20. The summed E-state index contributed by atoms with van der Waals surface area (Å²) in [7, 11) is 2.26. The van der Waals surface area contributed by atoms with Crippen LogP contribution in [0.15, 0.2) is 48.7 Å². The summed E-state index contributed by atoms with van der Waals surface area (Å²) in [6.07, 6.45) is 8.00. The Balaban J connectivity index is 1.28. The van der Waals surface area contributed by atoms with Crippen LogP contribution in [0.25, 0.3) is 0 Å². The van der Waals surface area contributed by atoms with Crippen LogP contribution in [0, 0.1) is 5.41 Å². The van der Waals surface area contributed by atoms with Gasteiger partial charge in [-0.1, -0.05) is 30.3 Å². The van der Waals surface area contributed by atoms with Crippen LogP contribution in [0.3, 0.4) is 0 Å². The van der Waals surface area contributed by atoms with E-state index in [1.54, 1.807) is 0 Å². The molecule has 148 valence electrons. The Bertz CT molecular complexity index is 831. The van der Waals surface area contributed by atoms with Crippen molar-refractivity contribution in [2.24, 2.45) is 5.41 Å². The van der Waals surface area contributed by atoms with Gasteiger partial charge in [-0.25, -0.2) is 0 Å². The van der Waals surface area contributed by atoms with Gasteiger partial charge in [-0.15, -0.1) is 0 Å². The summed E-state index contributed by atoms with van der Waals surface area (Å²) in [4.78, 5) is 17.7. The molecule has 0 bridgehead atoms. The highest BCUT2D eigenvalue weighted by atomic mass is 16.2. The molecular weight excluding hydrogens is 346 g/mol. The highest BCUT2D eigenvalue weighted by Gasteiger charge is 2.42. The molecule has 5 rings (SSSR count). The number of rotatable bonds is 3. The zero-order chi connectivity index (χ0) is 19.1. The molecule has 0 N–H and O–H groups in total. The molecule has 4 nitrogen and oxygen atoms in total. The largest absolute Gasteiger partial charge is 0.340 e. The second-order valence-corrected chi connectivity index (χ2v) is 9.33. The number of likely N-dealkylation sites (tertiary alicyclic amines) is 2. The van der Waals surface area contributed by atoms with Crippen molar-refractivity contribution in [3.63, 3.8) is 0 Å². The topological polar surface area (TPSA) is 28.5 Å². The van der Waals surface area contributed by atoms with Gasteiger partial charge in [0.05, 0.1) is 0 Å². The number of nitrogens with zero attached hydrogens (tertiary/aromatic N) is 3. The van der Waals surface area contributed by atoms with E-state index in [-0.39, 0.29) is 5.91 Å². The normalized spacial score (nSPS) is 25.2. The fourth-order valence-electron chi connectivity index (χ4n) is 5.57. The fourth-order valence-corrected chi connectivity index (χ4v) is 5.57. The molecule has 1 amide bonds. The molecule has 1 spiro atoms. The monoisotopic (exact) mass is 377 g/mol. The lowest BCUT2D eigenvalue weighted by atomic mass is 9.68. The number of hydrogen-bond acceptors (Lipinski definition) is 2. The Kier molecular flexibility index (Phi) is 4.54. The fraction of sp³-hybridized carbons (Fsp3) is 0.542. The summed E-state index contributed by atoms with van der Waals surface area (Å²) in [6, 6.07) is 15.6. The van der Waals surface area contributed by atoms with Crippen molar-refractivity contribution in [3.8, 4) is 0 Å². The first-order valence-corrected chi connectivity index (χ1v) is 10.8. The molecule has 1 aromatic carbocycles. The molecular formula is C24H31N3O. The van der Waals surface area contributed by atoms with Crippen LogP contribution in [0.1, 0.15) is 60.1 Å². The Morgan fingerprint density at radius 2 is 1.79 bits per heavy atom. The molecule has 3 heterocycles. The van der Waals surface area contributed by atoms with E-state index in [1.165, 1.54) is 24.8 Å². The third kappa shape index (κ3) is 3.39. The second-order valence-electron chi connectivity index (χ2n) is 9.33. The number of hydrogen-bond donors (Lipinski definition) is 0. The summed E-state index contributed by atoms with van der Waals surface area (Å²) in [5.41, 5.74) is 2.71. The lowest BCUT2D eigenvalue weighted by Gasteiger charge is -2.49. The van der Waals surface area contributed by atoms with Crippen molar-refractivity contribution < 1.29 is 4.79 Å². The number of amides is 1. The summed E-state index contributed by atoms with van der Waals surface area (Å²) >= 11 is 0. The van der Waals surface area contributed by atoms with E-state index < -0.39 is 0 Å². The van der Waals surface area contributed by atoms with Crippen LogP contribution >= 0.6 is 0 Å². The maximum Gasteiger partial charge on any atom is 0.270 e. The minimum Gasteiger partial charge on any atom is -0.340 e. The van der Waals surface area contributed by atoms with E-state index >= 15 is 0 Å². The van der Waals surface area contributed by atoms with E-state index in [4.69, 9.17) is 0 Å². The molecule has 3 fully saturated rings. The zero-order valence-corrected chi connectivity index (χ0v) is 16.9. The molecule has 1 aliphatic carbocycles. The van der Waals surface area contributed by atoms with Crippen LogP contribution in [0.2, 0.25) is 0 Å². The van der Waals surface area contributed by atoms with E-state index in [0.29, 0.717) is 17.4 Å². The smallest absolute Gasteiger partial charge is 0.270 e. The highest BCUT2D eigenvalue weighted by molar-refractivity contribution is 5.93. The first kappa shape index (κ1) is 18.0. The van der Waals surface area contributed by atoms with Crippen LogP contribution in [0.4, 0.5) is 0 Å². The predicted octanol–water partition coefficient (Wildman–Crippen LogP) is 4.16. The van der Waals surface area contributed by atoms with Gasteiger partial charge < -0.3 is 14.4 Å². The van der Waals surface area contributed by atoms with Crippen molar-refractivity contribution in [1.82, 2.24) is 14.4 Å². The van der Waals surface area contributed by atoms with Crippen molar-refractivity contribution >= 4 is 5.91 Å². The highest BCUT2D eigenvalue weighted by Crippen LogP contribution is 2.45. The van der Waals surface area contributed by atoms with Crippen LogP contribution in [0.5, 0.6) is 0 Å². The van der Waals surface area contributed by atoms with Gasteiger partial charge >= 0.3 is 0 Å². The second kappa shape index (κ2) is 7.07. The summed E-state index contributed by atoms with van der Waals surface area (Å²) in [6.45, 7) is 4.09. The van der Waals surface area contributed by atoms with Gasteiger partial charge in [-0.3, -0.25) is 4.79 Å². The van der Waals surface area contributed by atoms with Gasteiger partial charge in [0.1, 0.15) is 5.69 Å². The molecule has 2 aromatic rings. The van der Waals surface area contributed by atoms with Crippen molar-refractivity contribution in [1.29, 1.82) is 0 Å². The first-order valence-electron chi connectivity index (χ1n) is 10.8. The molecule has 2 saturated heterocycles. The number of aromatic nitrogens is 1. The van der Waals surface area contributed by atoms with E-state index in [2.05, 4.69) is 57.9 Å². The SMILES string of the molecule is CN1C[C@@H](c2ccccc2)CC2(CCN(C(=O)c3cccn3C3CC3)CC2)C1. The Morgan fingerprint density at radius 3 is 2.50 bits per heavy atom. The third-order valence-electron chi connectivity index (χ3n) is 7.14. The van der Waals surface area contributed by atoms with Gasteiger partial charge in [-0.2, -0.15) is 0 Å². The van der Waals surface area contributed by atoms with Gasteiger partial charge in [0.15, 0.2) is 0 Å². The number of likely N-dealkylation sites (N-methyl/N-ethyl adjacent to an activating group) is 1. The van der Waals surface area contributed by atoms with Gasteiger partial charge in [0.25, 0.3) is 5.91 Å². The Labute approximate surface area is 168 Å². The molecule has 1 saturated carbocycles. The lowest BCUT2D eigenvalue weighted by Crippen LogP contribution is -2.51. The van der Waals surface area contributed by atoms with E-state index in [9.17, 15) is 4.79 Å². The van der Waals surface area contributed by atoms with Crippen LogP contribution in [-0.2, 0) is 0 Å². The van der Waals surface area contributed by atoms with E-state index in [1.807, 2.05) is 12.1 Å². The van der Waals surface area contributed by atoms with Gasteiger partial charge in [0.2, 0.25) is 0 Å². The molecule has 0 unspecified atom stereocenters. The molecule has 4 heteroatoms. The molecule has 1 aromatic heterocycles. The Hall–Kier alpha value is -2.07. The predicted molar refractivity (Wildman–Crippen MR) is 112 cm³/mol. The van der Waals surface area contributed by atoms with Crippen LogP contribution in [-0.4, -0.2) is 53.5 Å². The quantitative estimate of drug-likeness (QED) is 0.803. The van der Waals surface area contributed by atoms with E-state index in [0.717, 1.165) is 44.7 Å². The number of piperidine rings is 2. The molecule has 2 aliphatic heterocycles. The Morgan fingerprint density at radius 1 is 1.04 bits per heavy atom. The zero-order valence-electron chi connectivity index (χ0n) is 16.9. The molecule has 28 heavy (non-hydrogen) atoms. The number of carbonyl (C=O) groups is 1. The lowest BCUT2D eigenvalue weighted by molar-refractivity contribution is 0.0220. The van der Waals surface area contributed by atoms with Crippen molar-refractivity contribution in [3.05, 3.63) is 59.9 Å². The minimum absolute atomic E-state index is 0.232. The van der Waals surface area contributed by atoms with Gasteiger partial charge in [0, 0.05) is 38.4 Å². The maximum absolute atomic E-state index is 13.1. The molecule has 3 aliphatic rings. The maximum atomic E-state index is 13.1. The first-order chi connectivity index (χ1) is 13.6. The summed E-state index contributed by atoms with van der Waals surface area (Å²) in [5, 5.41) is 0. The average Bonchev–Trinajstić information content (AvgIpc) is 3.44. The number of benzene rings is 1. The van der Waals surface area contributed by atoms with Crippen LogP contribution < -0.4 is 0 Å². The van der Waals surface area contributed by atoms with Crippen molar-refractivity contribution in [2.45, 2.75) is 44.1 Å². The van der Waals surface area contributed by atoms with Gasteiger partial charge in [-0.05, 0) is 68.2 Å². The standard InChI is InChI=1S/C24H31N3O/c1-25-17-20(19-6-3-2-4-7-19)16-24(18-25)11-14-26(15-12-24)23(28)22-8-5-13-27(22)21-9-10-21/h2-8,13,20-21H,9-12,14-18H2,1H3/t20-/m0/s1. The minimum atomic E-state index is 0.232. The van der Waals surface area contributed by atoms with Crippen molar-refractivity contribution in [2.75, 3.05) is 33.2 Å². The number of carbonyl (C=O) groups excluding carboxylic acids is 1. The molecule has 1 atom stereocenters. The average molecular weight is 378 g/mol.